The predicted octanol–water partition coefficient (Wildman–Crippen LogP) is 2.22. The Bertz CT molecular complexity index is 962. The molecule has 134 valence electrons. The van der Waals surface area contributed by atoms with Gasteiger partial charge in [-0.25, -0.2) is 9.97 Å². The lowest BCUT2D eigenvalue weighted by molar-refractivity contribution is 0.0951. The molecule has 0 saturated heterocycles. The van der Waals surface area contributed by atoms with Crippen LogP contribution in [-0.2, 0) is 11.3 Å². The van der Waals surface area contributed by atoms with Crippen molar-refractivity contribution in [2.45, 2.75) is 25.4 Å². The average molecular weight is 351 g/mol. The molecule has 1 aliphatic carbocycles. The summed E-state index contributed by atoms with van der Waals surface area (Å²) < 4.78 is 7.19. The number of aromatic nitrogens is 3. The number of benzene rings is 1. The number of nitrogens with one attached hydrogen (secondary N) is 1. The van der Waals surface area contributed by atoms with Gasteiger partial charge in [0.15, 0.2) is 0 Å². The second-order valence-corrected chi connectivity index (χ2v) is 6.52. The van der Waals surface area contributed by atoms with E-state index in [0.29, 0.717) is 30.6 Å². The number of methoxy groups -OCH3 is 1. The molecule has 0 unspecified atom stereocenters. The van der Waals surface area contributed by atoms with Crippen molar-refractivity contribution in [3.63, 3.8) is 0 Å². The Morgan fingerprint density at radius 1 is 1.38 bits per heavy atom. The Labute approximate surface area is 151 Å². The Balaban J connectivity index is 1.77. The molecule has 0 atom stereocenters. The van der Waals surface area contributed by atoms with Crippen LogP contribution in [0.5, 0.6) is 0 Å². The highest BCUT2D eigenvalue weighted by Crippen LogP contribution is 2.33. The fraction of sp³-hybridized carbons (Fsp3) is 0.316. The number of carbonyl (C=O) groups excluding carboxylic acids is 1. The molecule has 0 bridgehead atoms. The van der Waals surface area contributed by atoms with E-state index in [2.05, 4.69) is 15.3 Å². The van der Waals surface area contributed by atoms with Gasteiger partial charge in [0, 0.05) is 37.0 Å². The minimum absolute atomic E-state index is 0.0401. The van der Waals surface area contributed by atoms with Gasteiger partial charge in [-0.1, -0.05) is 12.1 Å². The van der Waals surface area contributed by atoms with E-state index in [4.69, 9.17) is 10.5 Å². The molecule has 1 aromatic carbocycles. The van der Waals surface area contributed by atoms with Gasteiger partial charge < -0.3 is 20.4 Å². The van der Waals surface area contributed by atoms with Crippen LogP contribution >= 0.6 is 0 Å². The number of nitrogens with zero attached hydrogens (tertiary/aromatic N) is 3. The minimum Gasteiger partial charge on any atom is -0.383 e. The summed E-state index contributed by atoms with van der Waals surface area (Å²) in [5.74, 6) is 0.385. The minimum atomic E-state index is -0.0401. The lowest BCUT2D eigenvalue weighted by Gasteiger charge is -2.06. The molecule has 7 heteroatoms. The third-order valence-electron chi connectivity index (χ3n) is 4.57. The first-order valence-electron chi connectivity index (χ1n) is 8.67. The molecule has 1 saturated carbocycles. The quantitative estimate of drug-likeness (QED) is 0.710. The second kappa shape index (κ2) is 6.76. The van der Waals surface area contributed by atoms with Crippen LogP contribution in [0, 0.1) is 0 Å². The lowest BCUT2D eigenvalue weighted by atomic mass is 10.0. The second-order valence-electron chi connectivity index (χ2n) is 6.52. The van der Waals surface area contributed by atoms with Crippen molar-refractivity contribution in [2.24, 2.45) is 0 Å². The van der Waals surface area contributed by atoms with E-state index >= 15 is 0 Å². The zero-order valence-electron chi connectivity index (χ0n) is 14.6. The van der Waals surface area contributed by atoms with Crippen LogP contribution < -0.4 is 11.1 Å². The number of ether oxygens (including phenoxy) is 1. The smallest absolute Gasteiger partial charge is 0.251 e. The number of nitrogen functional groups attached to an aromatic ring is 1. The van der Waals surface area contributed by atoms with Gasteiger partial charge in [-0.3, -0.25) is 4.79 Å². The molecule has 1 amide bonds. The molecular weight excluding hydrogens is 330 g/mol. The maximum absolute atomic E-state index is 12.4. The van der Waals surface area contributed by atoms with Gasteiger partial charge >= 0.3 is 0 Å². The van der Waals surface area contributed by atoms with E-state index in [1.165, 1.54) is 6.33 Å². The van der Waals surface area contributed by atoms with Crippen LogP contribution in [0.25, 0.3) is 22.2 Å². The summed E-state index contributed by atoms with van der Waals surface area (Å²) in [6, 6.07) is 7.89. The van der Waals surface area contributed by atoms with Gasteiger partial charge in [0.25, 0.3) is 5.91 Å². The molecule has 0 radical (unpaired) electrons. The van der Waals surface area contributed by atoms with Crippen molar-refractivity contribution in [3.05, 3.63) is 42.4 Å². The maximum Gasteiger partial charge on any atom is 0.251 e. The third kappa shape index (κ3) is 3.13. The molecule has 0 spiro atoms. The van der Waals surface area contributed by atoms with Gasteiger partial charge in [0.2, 0.25) is 0 Å². The zero-order valence-corrected chi connectivity index (χ0v) is 14.6. The van der Waals surface area contributed by atoms with Crippen LogP contribution in [0.3, 0.4) is 0 Å². The van der Waals surface area contributed by atoms with Crippen LogP contribution in [-0.4, -0.2) is 40.2 Å². The molecule has 2 heterocycles. The van der Waals surface area contributed by atoms with Gasteiger partial charge in [0.1, 0.15) is 17.8 Å². The molecule has 2 aromatic heterocycles. The van der Waals surface area contributed by atoms with Crippen molar-refractivity contribution in [1.29, 1.82) is 0 Å². The summed E-state index contributed by atoms with van der Waals surface area (Å²) in [5, 5.41) is 3.82. The van der Waals surface area contributed by atoms with E-state index in [1.807, 2.05) is 35.0 Å². The van der Waals surface area contributed by atoms with E-state index in [0.717, 1.165) is 35.0 Å². The highest BCUT2D eigenvalue weighted by atomic mass is 16.5. The van der Waals surface area contributed by atoms with Crippen molar-refractivity contribution in [2.75, 3.05) is 19.5 Å². The number of carbonyl (C=O) groups is 1. The first-order chi connectivity index (χ1) is 12.7. The fourth-order valence-corrected chi connectivity index (χ4v) is 3.05. The number of nitrogens with two attached hydrogens (primary N) is 1. The first kappa shape index (κ1) is 16.5. The molecule has 4 rings (SSSR count). The summed E-state index contributed by atoms with van der Waals surface area (Å²) in [6.07, 6.45) is 5.58. The summed E-state index contributed by atoms with van der Waals surface area (Å²) in [6.45, 7) is 1.22. The standard InChI is InChI=1S/C19H21N5O2/c1-26-8-7-24-10-15(16-17(20)21-11-22-18(16)24)12-3-2-4-13(9-12)19(25)23-14-5-6-14/h2-4,9-11,14H,5-8H2,1H3,(H,23,25)(H2,20,21,22). The van der Waals surface area contributed by atoms with Gasteiger partial charge in [0.05, 0.1) is 12.0 Å². The summed E-state index contributed by atoms with van der Waals surface area (Å²) >= 11 is 0. The fourth-order valence-electron chi connectivity index (χ4n) is 3.05. The topological polar surface area (TPSA) is 95.1 Å². The van der Waals surface area contributed by atoms with Crippen LogP contribution in [0.2, 0.25) is 0 Å². The van der Waals surface area contributed by atoms with E-state index in [-0.39, 0.29) is 5.91 Å². The number of amides is 1. The normalized spacial score (nSPS) is 13.9. The van der Waals surface area contributed by atoms with Crippen molar-refractivity contribution in [1.82, 2.24) is 19.9 Å². The number of rotatable bonds is 6. The van der Waals surface area contributed by atoms with E-state index < -0.39 is 0 Å². The van der Waals surface area contributed by atoms with Gasteiger partial charge in [-0.05, 0) is 30.5 Å². The van der Waals surface area contributed by atoms with Crippen LogP contribution in [0.15, 0.2) is 36.8 Å². The molecule has 1 fully saturated rings. The Morgan fingerprint density at radius 3 is 3.00 bits per heavy atom. The maximum atomic E-state index is 12.4. The van der Waals surface area contributed by atoms with Crippen molar-refractivity contribution in [3.8, 4) is 11.1 Å². The predicted molar refractivity (Wildman–Crippen MR) is 99.7 cm³/mol. The Kier molecular flexibility index (Phi) is 4.30. The Hall–Kier alpha value is -2.93. The van der Waals surface area contributed by atoms with E-state index in [1.54, 1.807) is 7.11 Å². The number of anilines is 1. The van der Waals surface area contributed by atoms with Crippen molar-refractivity contribution >= 4 is 22.8 Å². The highest BCUT2D eigenvalue weighted by Gasteiger charge is 2.24. The molecule has 0 aliphatic heterocycles. The molecule has 3 N–H and O–H groups in total. The Morgan fingerprint density at radius 2 is 2.23 bits per heavy atom. The summed E-state index contributed by atoms with van der Waals surface area (Å²) in [5.41, 5.74) is 9.36. The number of hydrogen-bond donors (Lipinski definition) is 2. The van der Waals surface area contributed by atoms with Crippen molar-refractivity contribution < 1.29 is 9.53 Å². The highest BCUT2D eigenvalue weighted by molar-refractivity contribution is 6.02. The molecule has 3 aromatic rings. The average Bonchev–Trinajstić information content (AvgIpc) is 3.39. The SMILES string of the molecule is COCCn1cc(-c2cccc(C(=O)NC3CC3)c2)c2c(N)ncnc21. The van der Waals surface area contributed by atoms with E-state index in [9.17, 15) is 4.79 Å². The molecule has 1 aliphatic rings. The summed E-state index contributed by atoms with van der Waals surface area (Å²) in [4.78, 5) is 20.9. The number of fused-ring (bicyclic) bond motifs is 1. The molecule has 26 heavy (non-hydrogen) atoms. The number of hydrogen-bond acceptors (Lipinski definition) is 5. The third-order valence-corrected chi connectivity index (χ3v) is 4.57. The molecule has 7 nitrogen and oxygen atoms in total. The largest absolute Gasteiger partial charge is 0.383 e. The molecular formula is C19H21N5O2. The first-order valence-corrected chi connectivity index (χ1v) is 8.67. The lowest BCUT2D eigenvalue weighted by Crippen LogP contribution is -2.25. The van der Waals surface area contributed by atoms with Crippen LogP contribution in [0.1, 0.15) is 23.2 Å². The van der Waals surface area contributed by atoms with Crippen LogP contribution in [0.4, 0.5) is 5.82 Å². The van der Waals surface area contributed by atoms with Gasteiger partial charge in [-0.15, -0.1) is 0 Å². The summed E-state index contributed by atoms with van der Waals surface area (Å²) in [7, 11) is 1.66. The zero-order chi connectivity index (χ0) is 18.1. The van der Waals surface area contributed by atoms with Gasteiger partial charge in [-0.2, -0.15) is 0 Å². The monoisotopic (exact) mass is 351 g/mol.